The Morgan fingerprint density at radius 3 is 1.52 bits per heavy atom. The summed E-state index contributed by atoms with van der Waals surface area (Å²) in [6.45, 7) is 0. The topological polar surface area (TPSA) is 127 Å². The van der Waals surface area contributed by atoms with E-state index in [4.69, 9.17) is 0 Å². The molecule has 0 spiro atoms. The van der Waals surface area contributed by atoms with E-state index in [0.717, 1.165) is 12.1 Å². The van der Waals surface area contributed by atoms with Gasteiger partial charge in [0.2, 0.25) is 0 Å². The van der Waals surface area contributed by atoms with Crippen LogP contribution in [-0.4, -0.2) is 20.1 Å². The van der Waals surface area contributed by atoms with E-state index in [1.165, 1.54) is 24.3 Å². The molecule has 0 aliphatic rings. The summed E-state index contributed by atoms with van der Waals surface area (Å²) >= 11 is 0. The highest BCUT2D eigenvalue weighted by Gasteiger charge is 2.20. The van der Waals surface area contributed by atoms with Gasteiger partial charge < -0.3 is 10.2 Å². The molecule has 0 bridgehead atoms. The molecule has 0 saturated heterocycles. The SMILES string of the molecule is O=[N+]([O-])c1cccc(Cc2cccc([N+](=O)[O-])c2O)c1O. The number of phenolic OH excluding ortho intramolecular Hbond substituents is 2. The number of benzene rings is 2. The third-order valence-electron chi connectivity index (χ3n) is 2.97. The van der Waals surface area contributed by atoms with Crippen molar-refractivity contribution < 1.29 is 20.1 Å². The van der Waals surface area contributed by atoms with E-state index in [1.807, 2.05) is 0 Å². The first-order valence-corrected chi connectivity index (χ1v) is 5.82. The van der Waals surface area contributed by atoms with Gasteiger partial charge in [-0.3, -0.25) is 20.2 Å². The molecule has 0 aromatic heterocycles. The quantitative estimate of drug-likeness (QED) is 0.657. The Bertz CT molecular complexity index is 667. The van der Waals surface area contributed by atoms with Crippen LogP contribution in [0.5, 0.6) is 11.5 Å². The van der Waals surface area contributed by atoms with Crippen molar-refractivity contribution >= 4 is 11.4 Å². The van der Waals surface area contributed by atoms with Gasteiger partial charge in [0.25, 0.3) is 0 Å². The number of nitro groups is 2. The van der Waals surface area contributed by atoms with Crippen molar-refractivity contribution in [2.75, 3.05) is 0 Å². The molecule has 0 amide bonds. The average molecular weight is 290 g/mol. The Morgan fingerprint density at radius 1 is 0.810 bits per heavy atom. The number of aromatic hydroxyl groups is 2. The predicted octanol–water partition coefficient (Wildman–Crippen LogP) is 2.51. The zero-order valence-corrected chi connectivity index (χ0v) is 10.6. The molecule has 0 radical (unpaired) electrons. The fraction of sp³-hybridized carbons (Fsp3) is 0.0769. The second kappa shape index (κ2) is 5.45. The molecular formula is C13H10N2O6. The van der Waals surface area contributed by atoms with E-state index in [-0.39, 0.29) is 17.5 Å². The smallest absolute Gasteiger partial charge is 0.310 e. The maximum atomic E-state index is 10.7. The van der Waals surface area contributed by atoms with Gasteiger partial charge in [0.1, 0.15) is 0 Å². The van der Waals surface area contributed by atoms with Crippen LogP contribution in [0.4, 0.5) is 11.4 Å². The summed E-state index contributed by atoms with van der Waals surface area (Å²) in [4.78, 5) is 20.0. The van der Waals surface area contributed by atoms with Crippen LogP contribution in [-0.2, 0) is 6.42 Å². The van der Waals surface area contributed by atoms with Crippen LogP contribution in [0.1, 0.15) is 11.1 Å². The fourth-order valence-electron chi connectivity index (χ4n) is 1.94. The first-order valence-electron chi connectivity index (χ1n) is 5.82. The first kappa shape index (κ1) is 14.3. The molecule has 0 aliphatic heterocycles. The zero-order chi connectivity index (χ0) is 15.6. The number of rotatable bonds is 4. The number of phenols is 2. The Labute approximate surface area is 118 Å². The maximum absolute atomic E-state index is 10.7. The van der Waals surface area contributed by atoms with Crippen LogP contribution >= 0.6 is 0 Å². The Kier molecular flexibility index (Phi) is 3.70. The van der Waals surface area contributed by atoms with Gasteiger partial charge in [-0.2, -0.15) is 0 Å². The molecule has 2 aromatic rings. The van der Waals surface area contributed by atoms with Crippen molar-refractivity contribution in [3.05, 3.63) is 67.8 Å². The van der Waals surface area contributed by atoms with E-state index >= 15 is 0 Å². The number of hydrogen-bond acceptors (Lipinski definition) is 6. The van der Waals surface area contributed by atoms with Gasteiger partial charge in [-0.1, -0.05) is 24.3 Å². The molecule has 2 aromatic carbocycles. The number of para-hydroxylation sites is 2. The van der Waals surface area contributed by atoms with Crippen LogP contribution in [0, 0.1) is 20.2 Å². The molecule has 8 nitrogen and oxygen atoms in total. The lowest BCUT2D eigenvalue weighted by atomic mass is 10.0. The van der Waals surface area contributed by atoms with E-state index in [0.29, 0.717) is 0 Å². The maximum Gasteiger partial charge on any atom is 0.310 e. The first-order chi connectivity index (χ1) is 9.91. The van der Waals surface area contributed by atoms with Crippen LogP contribution in [0.3, 0.4) is 0 Å². The highest BCUT2D eigenvalue weighted by atomic mass is 16.6. The van der Waals surface area contributed by atoms with E-state index in [9.17, 15) is 30.4 Å². The fourth-order valence-corrected chi connectivity index (χ4v) is 1.94. The lowest BCUT2D eigenvalue weighted by Gasteiger charge is -2.07. The largest absolute Gasteiger partial charge is 0.502 e. The van der Waals surface area contributed by atoms with Gasteiger partial charge in [0, 0.05) is 29.7 Å². The molecule has 0 atom stereocenters. The van der Waals surface area contributed by atoms with Crippen molar-refractivity contribution in [2.45, 2.75) is 6.42 Å². The van der Waals surface area contributed by atoms with Gasteiger partial charge in [-0.05, 0) is 0 Å². The van der Waals surface area contributed by atoms with E-state index < -0.39 is 32.7 Å². The van der Waals surface area contributed by atoms with Crippen LogP contribution < -0.4 is 0 Å². The van der Waals surface area contributed by atoms with E-state index in [1.54, 1.807) is 0 Å². The average Bonchev–Trinajstić information content (AvgIpc) is 2.42. The van der Waals surface area contributed by atoms with Gasteiger partial charge in [-0.25, -0.2) is 0 Å². The minimum absolute atomic E-state index is 0.0684. The molecule has 0 aliphatic carbocycles. The minimum Gasteiger partial charge on any atom is -0.502 e. The summed E-state index contributed by atoms with van der Waals surface area (Å²) < 4.78 is 0. The van der Waals surface area contributed by atoms with Gasteiger partial charge in [0.15, 0.2) is 11.5 Å². The number of nitrogens with zero attached hydrogens (tertiary/aromatic N) is 2. The molecule has 8 heteroatoms. The van der Waals surface area contributed by atoms with Gasteiger partial charge in [-0.15, -0.1) is 0 Å². The van der Waals surface area contributed by atoms with Crippen molar-refractivity contribution in [1.29, 1.82) is 0 Å². The zero-order valence-electron chi connectivity index (χ0n) is 10.6. The molecule has 2 N–H and O–H groups in total. The summed E-state index contributed by atoms with van der Waals surface area (Å²) in [6, 6.07) is 7.96. The van der Waals surface area contributed by atoms with Crippen LogP contribution in [0.15, 0.2) is 36.4 Å². The molecule has 2 rings (SSSR count). The van der Waals surface area contributed by atoms with E-state index in [2.05, 4.69) is 0 Å². The normalized spacial score (nSPS) is 10.3. The lowest BCUT2D eigenvalue weighted by Crippen LogP contribution is -1.96. The molecular weight excluding hydrogens is 280 g/mol. The molecule has 0 heterocycles. The lowest BCUT2D eigenvalue weighted by molar-refractivity contribution is -0.386. The Morgan fingerprint density at radius 2 is 1.19 bits per heavy atom. The summed E-state index contributed by atoms with van der Waals surface area (Å²) in [5, 5.41) is 41.2. The van der Waals surface area contributed by atoms with Crippen LogP contribution in [0.2, 0.25) is 0 Å². The van der Waals surface area contributed by atoms with Crippen LogP contribution in [0.25, 0.3) is 0 Å². The Hall–Kier alpha value is -3.16. The standard InChI is InChI=1S/C13H10N2O6/c16-12-8(3-1-5-10(12)14(18)19)7-9-4-2-6-11(13(9)17)15(20)21/h1-6,16-17H,7H2. The second-order valence-electron chi connectivity index (χ2n) is 4.26. The summed E-state index contributed by atoms with van der Waals surface area (Å²) in [6.07, 6.45) is -0.0684. The minimum atomic E-state index is -0.730. The highest BCUT2D eigenvalue weighted by molar-refractivity contribution is 5.56. The van der Waals surface area contributed by atoms with Gasteiger partial charge >= 0.3 is 11.4 Å². The molecule has 108 valence electrons. The third kappa shape index (κ3) is 2.73. The van der Waals surface area contributed by atoms with Gasteiger partial charge in [0.05, 0.1) is 9.85 Å². The summed E-state index contributed by atoms with van der Waals surface area (Å²) in [5.41, 5.74) is -0.533. The van der Waals surface area contributed by atoms with Crippen molar-refractivity contribution in [3.63, 3.8) is 0 Å². The monoisotopic (exact) mass is 290 g/mol. The summed E-state index contributed by atoms with van der Waals surface area (Å²) in [5.74, 6) is -1.04. The number of hydrogen-bond donors (Lipinski definition) is 2. The van der Waals surface area contributed by atoms with Crippen molar-refractivity contribution in [1.82, 2.24) is 0 Å². The highest BCUT2D eigenvalue weighted by Crippen LogP contribution is 2.35. The summed E-state index contributed by atoms with van der Waals surface area (Å²) in [7, 11) is 0. The second-order valence-corrected chi connectivity index (χ2v) is 4.26. The molecule has 0 saturated carbocycles. The van der Waals surface area contributed by atoms with Crippen molar-refractivity contribution in [3.8, 4) is 11.5 Å². The number of nitro benzene ring substituents is 2. The molecule has 21 heavy (non-hydrogen) atoms. The predicted molar refractivity (Wildman–Crippen MR) is 72.3 cm³/mol. The third-order valence-corrected chi connectivity index (χ3v) is 2.97. The van der Waals surface area contributed by atoms with Crippen molar-refractivity contribution in [2.24, 2.45) is 0 Å². The molecule has 0 unspecified atom stereocenters. The molecule has 0 fully saturated rings. The Balaban J connectivity index is 2.44.